The molecule has 14 nitrogen and oxygen atoms in total. The summed E-state index contributed by atoms with van der Waals surface area (Å²) < 4.78 is 5.80. The molecule has 4 heterocycles. The van der Waals surface area contributed by atoms with Gasteiger partial charge in [0.15, 0.2) is 6.61 Å². The average molecular weight is 831 g/mol. The highest BCUT2D eigenvalue weighted by Gasteiger charge is 2.40. The van der Waals surface area contributed by atoms with Crippen molar-refractivity contribution in [2.75, 3.05) is 24.6 Å². The zero-order chi connectivity index (χ0) is 41.5. The predicted molar refractivity (Wildman–Crippen MR) is 225 cm³/mol. The van der Waals surface area contributed by atoms with Crippen molar-refractivity contribution in [1.82, 2.24) is 20.9 Å². The molecule has 1 fully saturated rings. The lowest BCUT2D eigenvalue weighted by Gasteiger charge is -2.29. The highest BCUT2D eigenvalue weighted by atomic mass is 35.5. The summed E-state index contributed by atoms with van der Waals surface area (Å²) >= 11 is 7.78. The lowest BCUT2D eigenvalue weighted by Crippen LogP contribution is -2.52. The maximum Gasteiger partial charge on any atom is 0.257 e. The van der Waals surface area contributed by atoms with E-state index in [2.05, 4.69) is 16.0 Å². The molecule has 16 heteroatoms. The predicted octanol–water partition coefficient (Wildman–Crippen LogP) is 5.13. The number of aryl methyl sites for hydroxylation is 1. The molecule has 3 aliphatic rings. The van der Waals surface area contributed by atoms with E-state index < -0.39 is 24.2 Å². The smallest absolute Gasteiger partial charge is 0.257 e. The number of halogens is 1. The average Bonchev–Trinajstić information content (AvgIpc) is 3.63. The zero-order valence-electron chi connectivity index (χ0n) is 33.1. The first kappa shape index (κ1) is 42.5. The van der Waals surface area contributed by atoms with Crippen molar-refractivity contribution in [1.29, 1.82) is 5.41 Å². The van der Waals surface area contributed by atoms with Crippen LogP contribution in [0, 0.1) is 19.3 Å². The van der Waals surface area contributed by atoms with Crippen LogP contribution in [0.25, 0.3) is 0 Å². The van der Waals surface area contributed by atoms with Gasteiger partial charge in [-0.3, -0.25) is 39.7 Å². The summed E-state index contributed by atoms with van der Waals surface area (Å²) in [5.41, 5.74) is 11.1. The number of piperidine rings is 1. The van der Waals surface area contributed by atoms with Gasteiger partial charge in [0.05, 0.1) is 24.8 Å². The maximum absolute atomic E-state index is 13.2. The fourth-order valence-electron chi connectivity index (χ4n) is 7.53. The third kappa shape index (κ3) is 9.76. The van der Waals surface area contributed by atoms with Crippen molar-refractivity contribution in [2.45, 2.75) is 103 Å². The van der Waals surface area contributed by atoms with Crippen LogP contribution in [0.2, 0.25) is 5.02 Å². The number of aliphatic imine (C=N–C) groups is 1. The molecule has 5 amide bonds. The molecule has 6 rings (SSSR count). The number of rotatable bonds is 17. The summed E-state index contributed by atoms with van der Waals surface area (Å²) in [4.78, 5) is 72.1. The molecule has 1 aromatic heterocycles. The van der Waals surface area contributed by atoms with E-state index in [-0.39, 0.29) is 61.9 Å². The monoisotopic (exact) mass is 830 g/mol. The lowest BCUT2D eigenvalue weighted by molar-refractivity contribution is -0.137. The number of benzene rings is 2. The van der Waals surface area contributed by atoms with Gasteiger partial charge in [-0.1, -0.05) is 55.5 Å². The number of carbonyl (C=O) groups excluding carboxylic acids is 5. The Morgan fingerprint density at radius 1 is 1.02 bits per heavy atom. The molecule has 0 spiro atoms. The van der Waals surface area contributed by atoms with E-state index in [4.69, 9.17) is 32.5 Å². The summed E-state index contributed by atoms with van der Waals surface area (Å²) in [6.45, 7) is 6.94. The van der Waals surface area contributed by atoms with E-state index in [0.717, 1.165) is 70.8 Å². The summed E-state index contributed by atoms with van der Waals surface area (Å²) in [6, 6.07) is 11.1. The Kier molecular flexibility index (Phi) is 14.0. The SMILES string of the molecule is Cc1sc2c(c1C)C(c1ccc(Cl)cc1)=N[C@@H](CC(=O)NCCCCCCCCNC(=O)COc1cccc3c1CN(C1CCC(=O)NC1=O)C3=O)C(=N)N2C(C)N. The van der Waals surface area contributed by atoms with Crippen LogP contribution in [-0.4, -0.2) is 83.9 Å². The Morgan fingerprint density at radius 3 is 2.36 bits per heavy atom. The van der Waals surface area contributed by atoms with Crippen LogP contribution >= 0.6 is 22.9 Å². The van der Waals surface area contributed by atoms with Crippen molar-refractivity contribution >= 4 is 69.0 Å². The van der Waals surface area contributed by atoms with Crippen LogP contribution in [0.1, 0.15) is 102 Å². The molecule has 0 radical (unpaired) electrons. The number of amides is 5. The number of imide groups is 1. The molecule has 0 saturated carbocycles. The maximum atomic E-state index is 13.2. The number of hydrogen-bond acceptors (Lipinski definition) is 10. The Hall–Kier alpha value is -5.12. The fourth-order valence-corrected chi connectivity index (χ4v) is 8.92. The quantitative estimate of drug-likeness (QED) is 0.0911. The number of amidine groups is 1. The Morgan fingerprint density at radius 2 is 1.69 bits per heavy atom. The second-order valence-corrected chi connectivity index (χ2v) is 16.6. The summed E-state index contributed by atoms with van der Waals surface area (Å²) in [7, 11) is 0. The largest absolute Gasteiger partial charge is 0.483 e. The molecular weight excluding hydrogens is 780 g/mol. The van der Waals surface area contributed by atoms with Crippen LogP contribution in [0.5, 0.6) is 5.75 Å². The van der Waals surface area contributed by atoms with Gasteiger partial charge < -0.3 is 30.9 Å². The van der Waals surface area contributed by atoms with Crippen LogP contribution in [-0.2, 0) is 25.7 Å². The van der Waals surface area contributed by atoms with Crippen molar-refractivity contribution in [3.63, 3.8) is 0 Å². The number of ether oxygens (including phenoxy) is 1. The molecule has 3 aromatic rings. The van der Waals surface area contributed by atoms with Gasteiger partial charge in [-0.25, -0.2) is 0 Å². The molecule has 2 unspecified atom stereocenters. The van der Waals surface area contributed by atoms with E-state index in [1.54, 1.807) is 34.4 Å². The fraction of sp³-hybridized carbons (Fsp3) is 0.452. The van der Waals surface area contributed by atoms with Crippen LogP contribution < -0.4 is 31.3 Å². The third-order valence-corrected chi connectivity index (χ3v) is 12.2. The number of carbonyl (C=O) groups is 5. The van der Waals surface area contributed by atoms with Crippen molar-refractivity contribution in [2.24, 2.45) is 10.7 Å². The van der Waals surface area contributed by atoms with E-state index >= 15 is 0 Å². The second kappa shape index (κ2) is 19.1. The van der Waals surface area contributed by atoms with Crippen LogP contribution in [0.3, 0.4) is 0 Å². The first-order chi connectivity index (χ1) is 27.8. The molecule has 0 bridgehead atoms. The van der Waals surface area contributed by atoms with E-state index in [0.29, 0.717) is 35.0 Å². The number of nitrogens with zero attached hydrogens (tertiary/aromatic N) is 3. The summed E-state index contributed by atoms with van der Waals surface area (Å²) in [6.07, 6.45) is 5.49. The molecule has 58 heavy (non-hydrogen) atoms. The topological polar surface area (TPSA) is 199 Å². The first-order valence-corrected chi connectivity index (χ1v) is 21.0. The van der Waals surface area contributed by atoms with Gasteiger partial charge in [-0.05, 0) is 69.9 Å². The van der Waals surface area contributed by atoms with Gasteiger partial charge >= 0.3 is 0 Å². The number of unbranched alkanes of at least 4 members (excludes halogenated alkanes) is 5. The first-order valence-electron chi connectivity index (χ1n) is 19.8. The van der Waals surface area contributed by atoms with Gasteiger partial charge in [-0.2, -0.15) is 0 Å². The van der Waals surface area contributed by atoms with Crippen molar-refractivity contribution in [3.05, 3.63) is 80.2 Å². The number of nitrogens with two attached hydrogens (primary N) is 1. The highest BCUT2D eigenvalue weighted by Crippen LogP contribution is 2.40. The third-order valence-electron chi connectivity index (χ3n) is 10.7. The van der Waals surface area contributed by atoms with Gasteiger partial charge in [0.1, 0.15) is 28.7 Å². The minimum absolute atomic E-state index is 0.0270. The Balaban J connectivity index is 0.883. The number of fused-ring (bicyclic) bond motifs is 2. The van der Waals surface area contributed by atoms with Gasteiger partial charge in [-0.15, -0.1) is 11.3 Å². The Bertz CT molecular complexity index is 2100. The summed E-state index contributed by atoms with van der Waals surface area (Å²) in [5.74, 6) is -0.947. The van der Waals surface area contributed by atoms with Crippen molar-refractivity contribution in [3.8, 4) is 5.75 Å². The highest BCUT2D eigenvalue weighted by molar-refractivity contribution is 7.17. The molecule has 3 atom stereocenters. The van der Waals surface area contributed by atoms with E-state index in [9.17, 15) is 24.0 Å². The van der Waals surface area contributed by atoms with Gasteiger partial charge in [0, 0.05) is 51.7 Å². The number of thiophene rings is 1. The number of nitrogens with one attached hydrogen (secondary N) is 4. The molecule has 3 aliphatic heterocycles. The number of hydrogen-bond donors (Lipinski definition) is 5. The molecule has 308 valence electrons. The van der Waals surface area contributed by atoms with Gasteiger partial charge in [0.25, 0.3) is 11.8 Å². The minimum atomic E-state index is -0.724. The second-order valence-electron chi connectivity index (χ2n) is 15.0. The van der Waals surface area contributed by atoms with Gasteiger partial charge in [0.2, 0.25) is 17.7 Å². The molecule has 1 saturated heterocycles. The standard InChI is InChI=1S/C42H51ClN8O6S/c1-24-25(2)58-42-37(24)38(27-13-15-28(43)16-14-27)48-31(39(45)51(42)26(3)44)21-35(53)46-19-8-6-4-5-7-9-20-47-36(54)23-57-33-12-10-11-29-30(33)22-50(41(29)56)32-17-18-34(52)49-40(32)55/h10-16,26,31-32,45H,4-9,17-23,44H2,1-3H3,(H,46,53)(H,47,54)(H,49,52,55)/t26?,31-,32?/m0/s1. The molecule has 0 aliphatic carbocycles. The minimum Gasteiger partial charge on any atom is -0.483 e. The number of anilines is 1. The van der Waals surface area contributed by atoms with Crippen molar-refractivity contribution < 1.29 is 28.7 Å². The molecule has 2 aromatic carbocycles. The Labute approximate surface area is 347 Å². The van der Waals surface area contributed by atoms with Crippen LogP contribution in [0.4, 0.5) is 5.00 Å². The normalized spacial score (nSPS) is 18.3. The van der Waals surface area contributed by atoms with Crippen LogP contribution in [0.15, 0.2) is 47.5 Å². The molecule has 6 N–H and O–H groups in total. The zero-order valence-corrected chi connectivity index (χ0v) is 34.7. The lowest BCUT2D eigenvalue weighted by atomic mass is 9.99. The molecular formula is C42H51ClN8O6S. The van der Waals surface area contributed by atoms with E-state index in [1.165, 1.54) is 4.90 Å². The van der Waals surface area contributed by atoms with E-state index in [1.807, 2.05) is 45.0 Å². The summed E-state index contributed by atoms with van der Waals surface area (Å²) in [5, 5.41) is 18.8.